The van der Waals surface area contributed by atoms with Gasteiger partial charge in [-0.15, -0.1) is 0 Å². The molecule has 0 radical (unpaired) electrons. The molecule has 0 bridgehead atoms. The molecule has 0 saturated carbocycles. The molecule has 0 aliphatic heterocycles. The van der Waals surface area contributed by atoms with Crippen LogP contribution >= 0.6 is 0 Å². The summed E-state index contributed by atoms with van der Waals surface area (Å²) in [6.07, 6.45) is 1.81. The van der Waals surface area contributed by atoms with Crippen LogP contribution in [0.25, 0.3) is 0 Å². The fraction of sp³-hybridized carbons (Fsp3) is 0.0909. The molecule has 0 unspecified atom stereocenters. The number of hydrogen-bond donors (Lipinski definition) is 0. The van der Waals surface area contributed by atoms with E-state index in [1.807, 2.05) is 0 Å². The third-order valence-corrected chi connectivity index (χ3v) is 6.56. The largest absolute Gasteiger partial charge is 0.0622 e. The van der Waals surface area contributed by atoms with Crippen molar-refractivity contribution in [3.8, 4) is 0 Å². The average Bonchev–Trinajstić information content (AvgIpc) is 2.90. The van der Waals surface area contributed by atoms with Gasteiger partial charge in [-0.25, -0.2) is 0 Å². The topological polar surface area (TPSA) is 0 Å². The molecule has 0 atom stereocenters. The van der Waals surface area contributed by atoms with Gasteiger partial charge in [0, 0.05) is 5.41 Å². The fourth-order valence-corrected chi connectivity index (χ4v) is 5.03. The molecule has 0 amide bonds. The minimum Gasteiger partial charge on any atom is -0.0622 e. The van der Waals surface area contributed by atoms with Gasteiger partial charge in [-0.2, -0.15) is 0 Å². The van der Waals surface area contributed by atoms with E-state index < -0.39 is 0 Å². The van der Waals surface area contributed by atoms with Crippen molar-refractivity contribution in [2.45, 2.75) is 18.3 Å². The van der Waals surface area contributed by atoms with Gasteiger partial charge in [-0.05, 0) is 46.2 Å². The molecule has 0 N–H and O–H groups in total. The highest BCUT2D eigenvalue weighted by Gasteiger charge is 2.37. The smallest absolute Gasteiger partial charge is 0.0494 e. The number of rotatable bonds is 7. The lowest BCUT2D eigenvalue weighted by atomic mass is 9.64. The van der Waals surface area contributed by atoms with E-state index in [4.69, 9.17) is 0 Å². The molecule has 0 heterocycles. The van der Waals surface area contributed by atoms with E-state index in [1.54, 1.807) is 0 Å². The molecule has 0 aromatic heterocycles. The van der Waals surface area contributed by atoms with Gasteiger partial charge in [0.05, 0.1) is 0 Å². The maximum Gasteiger partial charge on any atom is 0.0494 e. The van der Waals surface area contributed by atoms with Crippen molar-refractivity contribution >= 4 is 0 Å². The van der Waals surface area contributed by atoms with Crippen LogP contribution in [-0.2, 0) is 18.3 Å². The van der Waals surface area contributed by atoms with Gasteiger partial charge in [-0.1, -0.05) is 146 Å². The van der Waals surface area contributed by atoms with Crippen LogP contribution in [0, 0.1) is 0 Å². The Morgan fingerprint density at radius 2 is 0.818 bits per heavy atom. The fourth-order valence-electron chi connectivity index (χ4n) is 5.03. The Labute approximate surface area is 197 Å². The first kappa shape index (κ1) is 21.0. The van der Waals surface area contributed by atoms with E-state index in [0.29, 0.717) is 0 Å². The summed E-state index contributed by atoms with van der Waals surface area (Å²) in [7, 11) is 0. The van der Waals surface area contributed by atoms with Crippen molar-refractivity contribution in [3.05, 3.63) is 179 Å². The predicted molar refractivity (Wildman–Crippen MR) is 139 cm³/mol. The standard InChI is InChI=1S/C33H28/c1-5-15-27(16-6-1)25-29-19-13-14-24-32(29)33(30-20-9-3-10-21-30,31-22-11-4-12-23-31)26-28-17-7-2-8-18-28/h1-24H,25-26H2. The number of hydrogen-bond acceptors (Lipinski definition) is 0. The van der Waals surface area contributed by atoms with Crippen molar-refractivity contribution in [1.29, 1.82) is 0 Å². The lowest BCUT2D eigenvalue weighted by Crippen LogP contribution is -2.33. The quantitative estimate of drug-likeness (QED) is 0.233. The third kappa shape index (κ3) is 4.38. The second-order valence-corrected chi connectivity index (χ2v) is 8.62. The molecule has 0 aliphatic carbocycles. The second-order valence-electron chi connectivity index (χ2n) is 8.62. The molecule has 5 aromatic carbocycles. The van der Waals surface area contributed by atoms with Gasteiger partial charge in [-0.3, -0.25) is 0 Å². The van der Waals surface area contributed by atoms with E-state index >= 15 is 0 Å². The molecule has 0 spiro atoms. The summed E-state index contributed by atoms with van der Waals surface area (Å²) in [6, 6.07) is 52.7. The third-order valence-electron chi connectivity index (χ3n) is 6.56. The van der Waals surface area contributed by atoms with Crippen molar-refractivity contribution in [1.82, 2.24) is 0 Å². The Balaban J connectivity index is 1.78. The van der Waals surface area contributed by atoms with Crippen LogP contribution in [0.5, 0.6) is 0 Å². The molecular formula is C33H28. The minimum absolute atomic E-state index is 0.296. The molecule has 5 aromatic rings. The highest BCUT2D eigenvalue weighted by Crippen LogP contribution is 2.44. The van der Waals surface area contributed by atoms with E-state index in [0.717, 1.165) is 12.8 Å². The van der Waals surface area contributed by atoms with Crippen molar-refractivity contribution in [3.63, 3.8) is 0 Å². The highest BCUT2D eigenvalue weighted by molar-refractivity contribution is 5.55. The highest BCUT2D eigenvalue weighted by atomic mass is 14.4. The summed E-state index contributed by atoms with van der Waals surface area (Å²) in [5, 5.41) is 0. The van der Waals surface area contributed by atoms with Crippen LogP contribution in [0.15, 0.2) is 146 Å². The van der Waals surface area contributed by atoms with Crippen LogP contribution in [0.1, 0.15) is 33.4 Å². The SMILES string of the molecule is c1ccc(Cc2ccccc2C(Cc2ccccc2)(c2ccccc2)c2ccccc2)cc1. The van der Waals surface area contributed by atoms with Crippen molar-refractivity contribution < 1.29 is 0 Å². The summed E-state index contributed by atoms with van der Waals surface area (Å²) >= 11 is 0. The van der Waals surface area contributed by atoms with Gasteiger partial charge in [0.25, 0.3) is 0 Å². The van der Waals surface area contributed by atoms with Crippen molar-refractivity contribution in [2.75, 3.05) is 0 Å². The summed E-state index contributed by atoms with van der Waals surface area (Å²) in [5.41, 5.74) is 7.75. The normalized spacial score (nSPS) is 11.3. The van der Waals surface area contributed by atoms with Crippen LogP contribution in [0.4, 0.5) is 0 Å². The molecule has 33 heavy (non-hydrogen) atoms. The summed E-state index contributed by atoms with van der Waals surface area (Å²) in [4.78, 5) is 0. The molecule has 5 rings (SSSR count). The Morgan fingerprint density at radius 3 is 1.36 bits per heavy atom. The average molecular weight is 425 g/mol. The lowest BCUT2D eigenvalue weighted by molar-refractivity contribution is 0.607. The lowest BCUT2D eigenvalue weighted by Gasteiger charge is -2.38. The van der Waals surface area contributed by atoms with Crippen LogP contribution in [0.2, 0.25) is 0 Å². The first-order valence-electron chi connectivity index (χ1n) is 11.6. The van der Waals surface area contributed by atoms with E-state index in [9.17, 15) is 0 Å². The molecule has 0 aliphatic rings. The molecule has 160 valence electrons. The van der Waals surface area contributed by atoms with Gasteiger partial charge in [0.15, 0.2) is 0 Å². The van der Waals surface area contributed by atoms with E-state index in [2.05, 4.69) is 146 Å². The van der Waals surface area contributed by atoms with E-state index in [-0.39, 0.29) is 5.41 Å². The Kier molecular flexibility index (Phi) is 6.17. The zero-order valence-corrected chi connectivity index (χ0v) is 18.8. The zero-order valence-electron chi connectivity index (χ0n) is 18.8. The predicted octanol–water partition coefficient (Wildman–Crippen LogP) is 7.85. The van der Waals surface area contributed by atoms with Crippen LogP contribution in [-0.4, -0.2) is 0 Å². The molecular weight excluding hydrogens is 396 g/mol. The Bertz CT molecular complexity index is 1230. The second kappa shape index (κ2) is 9.71. The number of benzene rings is 5. The zero-order chi connectivity index (χ0) is 22.3. The molecule has 0 nitrogen and oxygen atoms in total. The maximum atomic E-state index is 2.33. The van der Waals surface area contributed by atoms with Crippen LogP contribution < -0.4 is 0 Å². The minimum atomic E-state index is -0.296. The van der Waals surface area contributed by atoms with Gasteiger partial charge in [0.2, 0.25) is 0 Å². The van der Waals surface area contributed by atoms with E-state index in [1.165, 1.54) is 33.4 Å². The Hall–Kier alpha value is -3.90. The van der Waals surface area contributed by atoms with Gasteiger partial charge in [0.1, 0.15) is 0 Å². The Morgan fingerprint density at radius 1 is 0.394 bits per heavy atom. The first-order chi connectivity index (χ1) is 16.4. The first-order valence-corrected chi connectivity index (χ1v) is 11.6. The summed E-state index contributed by atoms with van der Waals surface area (Å²) in [6.45, 7) is 0. The van der Waals surface area contributed by atoms with Gasteiger partial charge < -0.3 is 0 Å². The van der Waals surface area contributed by atoms with Gasteiger partial charge >= 0.3 is 0 Å². The van der Waals surface area contributed by atoms with Crippen LogP contribution in [0.3, 0.4) is 0 Å². The maximum absolute atomic E-state index is 2.33. The monoisotopic (exact) mass is 424 g/mol. The molecule has 0 saturated heterocycles. The molecule has 0 fully saturated rings. The van der Waals surface area contributed by atoms with Crippen molar-refractivity contribution in [2.24, 2.45) is 0 Å². The summed E-state index contributed by atoms with van der Waals surface area (Å²) < 4.78 is 0. The summed E-state index contributed by atoms with van der Waals surface area (Å²) in [5.74, 6) is 0. The molecule has 0 heteroatoms.